The van der Waals surface area contributed by atoms with Gasteiger partial charge in [-0.15, -0.1) is 5.10 Å². The van der Waals surface area contributed by atoms with Gasteiger partial charge in [0.1, 0.15) is 5.75 Å². The maximum Gasteiger partial charge on any atom is 0.203 e. The van der Waals surface area contributed by atoms with Gasteiger partial charge in [0.05, 0.1) is 23.8 Å². The predicted octanol–water partition coefficient (Wildman–Crippen LogP) is 4.27. The van der Waals surface area contributed by atoms with E-state index in [0.29, 0.717) is 27.1 Å². The molecule has 3 aromatic rings. The summed E-state index contributed by atoms with van der Waals surface area (Å²) >= 11 is 17.7. The first-order chi connectivity index (χ1) is 11.5. The van der Waals surface area contributed by atoms with Crippen molar-refractivity contribution in [1.82, 2.24) is 19.1 Å². The molecule has 2 heterocycles. The van der Waals surface area contributed by atoms with Gasteiger partial charge in [-0.25, -0.2) is 4.68 Å². The van der Waals surface area contributed by atoms with Gasteiger partial charge >= 0.3 is 0 Å². The van der Waals surface area contributed by atoms with Crippen LogP contribution in [0.2, 0.25) is 10.0 Å². The summed E-state index contributed by atoms with van der Waals surface area (Å²) in [5.74, 6) is 0.843. The van der Waals surface area contributed by atoms with Gasteiger partial charge in [0.25, 0.3) is 0 Å². The summed E-state index contributed by atoms with van der Waals surface area (Å²) in [6.45, 7) is 1.30. The maximum absolute atomic E-state index is 6.19. The Labute approximate surface area is 155 Å². The van der Waals surface area contributed by atoms with Crippen molar-refractivity contribution in [2.45, 2.75) is 13.2 Å². The SMILES string of the molecule is COc1ccc(CN(C)Cn2nc3c(Cl)cc(Cl)cn3c2=S)cc1. The van der Waals surface area contributed by atoms with Crippen molar-refractivity contribution >= 4 is 41.1 Å². The van der Waals surface area contributed by atoms with Crippen molar-refractivity contribution in [3.8, 4) is 5.75 Å². The molecule has 126 valence electrons. The Morgan fingerprint density at radius 1 is 1.25 bits per heavy atom. The molecule has 24 heavy (non-hydrogen) atoms. The van der Waals surface area contributed by atoms with Gasteiger partial charge in [-0.3, -0.25) is 9.30 Å². The van der Waals surface area contributed by atoms with Crippen LogP contribution in [0.1, 0.15) is 5.56 Å². The van der Waals surface area contributed by atoms with E-state index in [1.54, 1.807) is 28.5 Å². The summed E-state index contributed by atoms with van der Waals surface area (Å²) in [6, 6.07) is 9.62. The van der Waals surface area contributed by atoms with Crippen LogP contribution in [0, 0.1) is 4.77 Å². The third-order valence-corrected chi connectivity index (χ3v) is 4.48. The molecule has 0 saturated heterocycles. The largest absolute Gasteiger partial charge is 0.497 e. The number of aromatic nitrogens is 3. The van der Waals surface area contributed by atoms with E-state index >= 15 is 0 Å². The van der Waals surface area contributed by atoms with Gasteiger partial charge < -0.3 is 4.74 Å². The van der Waals surface area contributed by atoms with Crippen LogP contribution in [-0.4, -0.2) is 33.2 Å². The topological polar surface area (TPSA) is 34.7 Å². The highest BCUT2D eigenvalue weighted by Crippen LogP contribution is 2.21. The summed E-state index contributed by atoms with van der Waals surface area (Å²) in [7, 11) is 3.66. The maximum atomic E-state index is 6.19. The Bertz CT molecular complexity index is 920. The standard InChI is InChI=1S/C16H16Cl2N4OS/c1-20(8-11-3-5-13(23-2)6-4-11)10-22-16(24)21-9-12(17)7-14(18)15(21)19-22/h3-7,9H,8,10H2,1-2H3. The number of hydrogen-bond acceptors (Lipinski definition) is 4. The summed E-state index contributed by atoms with van der Waals surface area (Å²) in [5.41, 5.74) is 1.78. The van der Waals surface area contributed by atoms with Crippen molar-refractivity contribution in [3.05, 3.63) is 56.9 Å². The number of methoxy groups -OCH3 is 1. The summed E-state index contributed by atoms with van der Waals surface area (Å²) in [6.07, 6.45) is 1.72. The molecule has 0 unspecified atom stereocenters. The molecule has 3 rings (SSSR count). The molecule has 8 heteroatoms. The van der Waals surface area contributed by atoms with Crippen LogP contribution in [0.3, 0.4) is 0 Å². The first kappa shape index (κ1) is 17.2. The first-order valence-electron chi connectivity index (χ1n) is 7.23. The Hall–Kier alpha value is -1.60. The molecule has 0 N–H and O–H groups in total. The monoisotopic (exact) mass is 382 g/mol. The second-order valence-corrected chi connectivity index (χ2v) is 6.69. The van der Waals surface area contributed by atoms with Crippen LogP contribution in [-0.2, 0) is 13.2 Å². The van der Waals surface area contributed by atoms with Gasteiger partial charge in [0.2, 0.25) is 4.77 Å². The number of hydrogen-bond donors (Lipinski definition) is 0. The zero-order valence-electron chi connectivity index (χ0n) is 13.2. The molecule has 0 radical (unpaired) electrons. The van der Waals surface area contributed by atoms with E-state index in [9.17, 15) is 0 Å². The van der Waals surface area contributed by atoms with Crippen LogP contribution in [0.5, 0.6) is 5.75 Å². The zero-order valence-corrected chi connectivity index (χ0v) is 15.6. The second-order valence-electron chi connectivity index (χ2n) is 5.49. The molecular formula is C16H16Cl2N4OS. The highest BCUT2D eigenvalue weighted by molar-refractivity contribution is 7.71. The molecule has 0 saturated carbocycles. The lowest BCUT2D eigenvalue weighted by Crippen LogP contribution is -2.22. The number of pyridine rings is 1. The third-order valence-electron chi connectivity index (χ3n) is 3.59. The normalized spacial score (nSPS) is 11.4. The molecule has 0 aliphatic rings. The minimum atomic E-state index is 0.477. The van der Waals surface area contributed by atoms with Crippen LogP contribution < -0.4 is 4.74 Å². The third kappa shape index (κ3) is 3.57. The minimum absolute atomic E-state index is 0.477. The summed E-state index contributed by atoms with van der Waals surface area (Å²) in [5, 5.41) is 5.48. The highest BCUT2D eigenvalue weighted by Gasteiger charge is 2.10. The van der Waals surface area contributed by atoms with Crippen LogP contribution in [0.25, 0.3) is 5.65 Å². The summed E-state index contributed by atoms with van der Waals surface area (Å²) in [4.78, 5) is 2.11. The zero-order chi connectivity index (χ0) is 17.3. The van der Waals surface area contributed by atoms with Crippen LogP contribution >= 0.6 is 35.4 Å². The molecule has 0 amide bonds. The van der Waals surface area contributed by atoms with Crippen molar-refractivity contribution in [2.75, 3.05) is 14.2 Å². The molecule has 5 nitrogen and oxygen atoms in total. The first-order valence-corrected chi connectivity index (χ1v) is 8.40. The number of nitrogens with zero attached hydrogens (tertiary/aromatic N) is 4. The van der Waals surface area contributed by atoms with E-state index in [1.807, 2.05) is 31.3 Å². The molecule has 0 aliphatic heterocycles. The van der Waals surface area contributed by atoms with Gasteiger partial charge in [-0.2, -0.15) is 0 Å². The van der Waals surface area contributed by atoms with Gasteiger partial charge in [-0.05, 0) is 43.0 Å². The molecule has 0 aliphatic carbocycles. The van der Waals surface area contributed by atoms with Crippen molar-refractivity contribution < 1.29 is 4.74 Å². The molecule has 0 spiro atoms. The Morgan fingerprint density at radius 3 is 2.62 bits per heavy atom. The van der Waals surface area contributed by atoms with Gasteiger partial charge in [0, 0.05) is 12.7 Å². The van der Waals surface area contributed by atoms with Crippen molar-refractivity contribution in [2.24, 2.45) is 0 Å². The fraction of sp³-hybridized carbons (Fsp3) is 0.250. The molecule has 0 fully saturated rings. The molecule has 1 aromatic carbocycles. The van der Waals surface area contributed by atoms with E-state index < -0.39 is 0 Å². The smallest absolute Gasteiger partial charge is 0.203 e. The lowest BCUT2D eigenvalue weighted by molar-refractivity contribution is 0.244. The van der Waals surface area contributed by atoms with E-state index in [-0.39, 0.29) is 0 Å². The molecule has 0 atom stereocenters. The lowest BCUT2D eigenvalue weighted by Gasteiger charge is -2.16. The fourth-order valence-electron chi connectivity index (χ4n) is 2.46. The predicted molar refractivity (Wildman–Crippen MR) is 98.5 cm³/mol. The van der Waals surface area contributed by atoms with Crippen molar-refractivity contribution in [1.29, 1.82) is 0 Å². The van der Waals surface area contributed by atoms with E-state index in [1.165, 1.54) is 5.56 Å². The lowest BCUT2D eigenvalue weighted by atomic mass is 10.2. The van der Waals surface area contributed by atoms with E-state index in [0.717, 1.165) is 12.3 Å². The average molecular weight is 383 g/mol. The number of rotatable bonds is 5. The number of benzene rings is 1. The van der Waals surface area contributed by atoms with Crippen molar-refractivity contribution in [3.63, 3.8) is 0 Å². The quantitative estimate of drug-likeness (QED) is 0.617. The number of fused-ring (bicyclic) bond motifs is 1. The summed E-state index contributed by atoms with van der Waals surface area (Å²) < 4.78 is 9.18. The minimum Gasteiger partial charge on any atom is -0.497 e. The number of ether oxygens (including phenoxy) is 1. The Morgan fingerprint density at radius 2 is 1.96 bits per heavy atom. The van der Waals surface area contributed by atoms with Crippen LogP contribution in [0.4, 0.5) is 0 Å². The Balaban J connectivity index is 1.80. The van der Waals surface area contributed by atoms with Crippen LogP contribution in [0.15, 0.2) is 36.5 Å². The van der Waals surface area contributed by atoms with Gasteiger partial charge in [-0.1, -0.05) is 35.3 Å². The van der Waals surface area contributed by atoms with Gasteiger partial charge in [0.15, 0.2) is 5.65 Å². The molecule has 0 bridgehead atoms. The Kier molecular flexibility index (Phi) is 5.10. The highest BCUT2D eigenvalue weighted by atomic mass is 35.5. The molecular weight excluding hydrogens is 367 g/mol. The second kappa shape index (κ2) is 7.11. The fourth-order valence-corrected chi connectivity index (χ4v) is 3.21. The van der Waals surface area contributed by atoms with E-state index in [2.05, 4.69) is 10.00 Å². The van der Waals surface area contributed by atoms with E-state index in [4.69, 9.17) is 40.2 Å². The molecule has 2 aromatic heterocycles. The number of halogens is 2. The average Bonchev–Trinajstić information content (AvgIpc) is 2.85.